The molecule has 0 aliphatic heterocycles. The van der Waals surface area contributed by atoms with Gasteiger partial charge in [0.15, 0.2) is 0 Å². The van der Waals surface area contributed by atoms with Crippen molar-refractivity contribution in [3.05, 3.63) is 0 Å². The Morgan fingerprint density at radius 1 is 1.50 bits per heavy atom. The lowest BCUT2D eigenvalue weighted by atomic mass is 9.99. The molecule has 2 atom stereocenters. The molecule has 0 fully saturated rings. The van der Waals surface area contributed by atoms with E-state index in [1.807, 2.05) is 11.8 Å². The highest BCUT2D eigenvalue weighted by Gasteiger charge is 2.09. The summed E-state index contributed by atoms with van der Waals surface area (Å²) in [4.78, 5) is 0. The van der Waals surface area contributed by atoms with Crippen LogP contribution in [0.3, 0.4) is 0 Å². The lowest BCUT2D eigenvalue weighted by Gasteiger charge is -2.17. The molecule has 0 aromatic heterocycles. The molecule has 0 amide bonds. The molecule has 0 bridgehead atoms. The Morgan fingerprint density at radius 3 is 2.50 bits per heavy atom. The van der Waals surface area contributed by atoms with Gasteiger partial charge in [0.2, 0.25) is 0 Å². The van der Waals surface area contributed by atoms with Crippen LogP contribution in [0.2, 0.25) is 0 Å². The maximum absolute atomic E-state index is 5.89. The predicted molar refractivity (Wildman–Crippen MR) is 50.4 cm³/mol. The van der Waals surface area contributed by atoms with Crippen molar-refractivity contribution in [2.24, 2.45) is 11.7 Å². The average molecular weight is 161 g/mol. The van der Waals surface area contributed by atoms with Gasteiger partial charge in [0.05, 0.1) is 0 Å². The summed E-state index contributed by atoms with van der Waals surface area (Å²) in [6, 6.07) is 0.398. The van der Waals surface area contributed by atoms with Crippen molar-refractivity contribution in [3.63, 3.8) is 0 Å². The Labute approximate surface area is 68.8 Å². The van der Waals surface area contributed by atoms with Gasteiger partial charge in [-0.05, 0) is 18.6 Å². The molecule has 0 aromatic rings. The Kier molecular flexibility index (Phi) is 6.24. The van der Waals surface area contributed by atoms with E-state index in [-0.39, 0.29) is 0 Å². The highest BCUT2D eigenvalue weighted by Crippen LogP contribution is 2.11. The molecule has 0 aliphatic rings. The summed E-state index contributed by atoms with van der Waals surface area (Å²) in [5, 5.41) is 0. The van der Waals surface area contributed by atoms with Crippen LogP contribution in [0.15, 0.2) is 0 Å². The van der Waals surface area contributed by atoms with E-state index < -0.39 is 0 Å². The molecule has 2 heteroatoms. The zero-order valence-electron chi connectivity index (χ0n) is 7.26. The zero-order valence-corrected chi connectivity index (χ0v) is 8.08. The van der Waals surface area contributed by atoms with Gasteiger partial charge in [-0.1, -0.05) is 20.3 Å². The number of hydrogen-bond donors (Lipinski definition) is 1. The van der Waals surface area contributed by atoms with Crippen LogP contribution in [0.4, 0.5) is 0 Å². The highest BCUT2D eigenvalue weighted by molar-refractivity contribution is 7.98. The van der Waals surface area contributed by atoms with Gasteiger partial charge in [-0.15, -0.1) is 0 Å². The normalized spacial score (nSPS) is 16.8. The Balaban J connectivity index is 3.38. The van der Waals surface area contributed by atoms with Crippen LogP contribution in [0.5, 0.6) is 0 Å². The van der Waals surface area contributed by atoms with Gasteiger partial charge in [-0.2, -0.15) is 11.8 Å². The second kappa shape index (κ2) is 6.05. The monoisotopic (exact) mass is 161 g/mol. The summed E-state index contributed by atoms with van der Waals surface area (Å²) in [5.74, 6) is 1.79. The third kappa shape index (κ3) is 4.18. The Bertz CT molecular complexity index is 65.7. The minimum atomic E-state index is 0.398. The molecule has 0 aliphatic carbocycles. The van der Waals surface area contributed by atoms with Crippen molar-refractivity contribution in [3.8, 4) is 0 Å². The smallest absolute Gasteiger partial charge is 0.0156 e. The van der Waals surface area contributed by atoms with Crippen LogP contribution in [-0.4, -0.2) is 18.1 Å². The van der Waals surface area contributed by atoms with Crippen LogP contribution in [-0.2, 0) is 0 Å². The number of nitrogens with two attached hydrogens (primary N) is 1. The lowest BCUT2D eigenvalue weighted by molar-refractivity contribution is 0.450. The average Bonchev–Trinajstić information content (AvgIpc) is 1.89. The molecule has 0 saturated heterocycles. The topological polar surface area (TPSA) is 26.0 Å². The SMILES string of the molecule is CCCC(C)C(N)CSC. The van der Waals surface area contributed by atoms with Crippen LogP contribution < -0.4 is 5.73 Å². The minimum absolute atomic E-state index is 0.398. The molecule has 0 radical (unpaired) electrons. The summed E-state index contributed by atoms with van der Waals surface area (Å²) >= 11 is 1.84. The van der Waals surface area contributed by atoms with Crippen molar-refractivity contribution in [1.82, 2.24) is 0 Å². The molecular formula is C8H19NS. The van der Waals surface area contributed by atoms with E-state index in [1.165, 1.54) is 12.8 Å². The minimum Gasteiger partial charge on any atom is -0.327 e. The summed E-state index contributed by atoms with van der Waals surface area (Å²) in [7, 11) is 0. The number of thioether (sulfide) groups is 1. The molecule has 2 unspecified atom stereocenters. The van der Waals surface area contributed by atoms with Crippen molar-refractivity contribution in [2.45, 2.75) is 32.7 Å². The van der Waals surface area contributed by atoms with Crippen LogP contribution >= 0.6 is 11.8 Å². The van der Waals surface area contributed by atoms with Crippen LogP contribution in [0.1, 0.15) is 26.7 Å². The predicted octanol–water partition coefficient (Wildman–Crippen LogP) is 2.11. The summed E-state index contributed by atoms with van der Waals surface area (Å²) in [5.41, 5.74) is 5.89. The van der Waals surface area contributed by atoms with Crippen LogP contribution in [0.25, 0.3) is 0 Å². The summed E-state index contributed by atoms with van der Waals surface area (Å²) in [6.45, 7) is 4.45. The first kappa shape index (κ1) is 10.3. The van der Waals surface area contributed by atoms with Gasteiger partial charge in [0.1, 0.15) is 0 Å². The van der Waals surface area contributed by atoms with E-state index in [9.17, 15) is 0 Å². The third-order valence-electron chi connectivity index (χ3n) is 1.83. The summed E-state index contributed by atoms with van der Waals surface area (Å²) < 4.78 is 0. The highest BCUT2D eigenvalue weighted by atomic mass is 32.2. The molecule has 0 saturated carbocycles. The molecule has 1 nitrogen and oxygen atoms in total. The third-order valence-corrected chi connectivity index (χ3v) is 2.55. The number of rotatable bonds is 5. The van der Waals surface area contributed by atoms with Gasteiger partial charge in [0, 0.05) is 11.8 Å². The van der Waals surface area contributed by atoms with Gasteiger partial charge in [-0.25, -0.2) is 0 Å². The standard InChI is InChI=1S/C8H19NS/c1-4-5-7(2)8(9)6-10-3/h7-8H,4-6,9H2,1-3H3. The van der Waals surface area contributed by atoms with E-state index in [4.69, 9.17) is 5.73 Å². The Morgan fingerprint density at radius 2 is 2.10 bits per heavy atom. The van der Waals surface area contributed by atoms with E-state index in [1.54, 1.807) is 0 Å². The maximum atomic E-state index is 5.89. The lowest BCUT2D eigenvalue weighted by Crippen LogP contribution is -2.30. The van der Waals surface area contributed by atoms with Gasteiger partial charge in [0.25, 0.3) is 0 Å². The zero-order chi connectivity index (χ0) is 7.98. The first-order valence-corrected chi connectivity index (χ1v) is 5.36. The first-order valence-electron chi connectivity index (χ1n) is 3.96. The van der Waals surface area contributed by atoms with E-state index in [0.717, 1.165) is 5.75 Å². The fourth-order valence-corrected chi connectivity index (χ4v) is 1.74. The van der Waals surface area contributed by atoms with Crippen molar-refractivity contribution >= 4 is 11.8 Å². The molecule has 0 spiro atoms. The fourth-order valence-electron chi connectivity index (χ4n) is 1.03. The molecule has 62 valence electrons. The van der Waals surface area contributed by atoms with E-state index >= 15 is 0 Å². The summed E-state index contributed by atoms with van der Waals surface area (Å²) in [6.07, 6.45) is 4.63. The molecule has 2 N–H and O–H groups in total. The molecule has 0 aromatic carbocycles. The largest absolute Gasteiger partial charge is 0.327 e. The molecule has 0 heterocycles. The first-order chi connectivity index (χ1) is 4.72. The van der Waals surface area contributed by atoms with E-state index in [0.29, 0.717) is 12.0 Å². The second-order valence-electron chi connectivity index (χ2n) is 2.89. The van der Waals surface area contributed by atoms with Crippen molar-refractivity contribution in [2.75, 3.05) is 12.0 Å². The maximum Gasteiger partial charge on any atom is 0.0156 e. The second-order valence-corrected chi connectivity index (χ2v) is 3.80. The van der Waals surface area contributed by atoms with Crippen molar-refractivity contribution in [1.29, 1.82) is 0 Å². The van der Waals surface area contributed by atoms with Gasteiger partial charge < -0.3 is 5.73 Å². The Hall–Kier alpha value is 0.310. The number of hydrogen-bond acceptors (Lipinski definition) is 2. The molecule has 10 heavy (non-hydrogen) atoms. The van der Waals surface area contributed by atoms with E-state index in [2.05, 4.69) is 20.1 Å². The van der Waals surface area contributed by atoms with Crippen molar-refractivity contribution < 1.29 is 0 Å². The van der Waals surface area contributed by atoms with Gasteiger partial charge in [-0.3, -0.25) is 0 Å². The fraction of sp³-hybridized carbons (Fsp3) is 1.00. The molecular weight excluding hydrogens is 142 g/mol. The van der Waals surface area contributed by atoms with Gasteiger partial charge >= 0.3 is 0 Å². The quantitative estimate of drug-likeness (QED) is 0.668. The van der Waals surface area contributed by atoms with Crippen LogP contribution in [0, 0.1) is 5.92 Å². The molecule has 0 rings (SSSR count).